The normalized spacial score (nSPS) is 22.7. The fourth-order valence-corrected chi connectivity index (χ4v) is 3.55. The van der Waals surface area contributed by atoms with Crippen LogP contribution in [0.15, 0.2) is 41.4 Å². The molecule has 0 radical (unpaired) electrons. The molecule has 1 saturated carbocycles. The van der Waals surface area contributed by atoms with Gasteiger partial charge in [-0.15, -0.1) is 0 Å². The number of nitrogens with zero attached hydrogens (tertiary/aromatic N) is 2. The number of hydrogen-bond donors (Lipinski definition) is 1. The molecule has 170 valence electrons. The number of benzene rings is 1. The van der Waals surface area contributed by atoms with Crippen LogP contribution in [0.1, 0.15) is 41.4 Å². The topological polar surface area (TPSA) is 86.8 Å². The molecule has 0 saturated heterocycles. The minimum atomic E-state index is -3.51. The van der Waals surface area contributed by atoms with Crippen molar-refractivity contribution in [1.29, 1.82) is 0 Å². The zero-order valence-electron chi connectivity index (χ0n) is 17.6. The third-order valence-electron chi connectivity index (χ3n) is 5.71. The van der Waals surface area contributed by atoms with Crippen LogP contribution in [0.5, 0.6) is 5.88 Å². The van der Waals surface area contributed by atoms with Crippen LogP contribution in [-0.2, 0) is 16.7 Å². The van der Waals surface area contributed by atoms with Crippen molar-refractivity contribution >= 4 is 11.6 Å². The first-order valence-corrected chi connectivity index (χ1v) is 10.4. The lowest BCUT2D eigenvalue weighted by atomic mass is 9.84. The average Bonchev–Trinajstić information content (AvgIpc) is 3.58. The minimum Gasteiger partial charge on any atom is -0.477 e. The van der Waals surface area contributed by atoms with E-state index in [9.17, 15) is 18.0 Å². The first kappa shape index (κ1) is 22.3. The zero-order valence-corrected chi connectivity index (χ0v) is 17.6. The van der Waals surface area contributed by atoms with Gasteiger partial charge < -0.3 is 15.2 Å². The van der Waals surface area contributed by atoms with Gasteiger partial charge in [-0.05, 0) is 49.4 Å². The highest BCUT2D eigenvalue weighted by atomic mass is 19.3. The molecule has 9 heteroatoms. The Morgan fingerprint density at radius 2 is 2.06 bits per heavy atom. The van der Waals surface area contributed by atoms with Crippen molar-refractivity contribution in [3.63, 3.8) is 0 Å². The lowest BCUT2D eigenvalue weighted by Gasteiger charge is -2.33. The maximum Gasteiger partial charge on any atom is 0.299 e. The summed E-state index contributed by atoms with van der Waals surface area (Å²) in [5, 5.41) is 0. The van der Waals surface area contributed by atoms with Gasteiger partial charge in [-0.1, -0.05) is 12.1 Å². The van der Waals surface area contributed by atoms with Crippen LogP contribution in [0.3, 0.4) is 0 Å². The number of alkyl halides is 2. The molecule has 2 heterocycles. The Morgan fingerprint density at radius 3 is 2.81 bits per heavy atom. The molecule has 1 aliphatic carbocycles. The van der Waals surface area contributed by atoms with Gasteiger partial charge in [-0.2, -0.15) is 0 Å². The number of carbonyl (C=O) groups is 1. The van der Waals surface area contributed by atoms with Crippen molar-refractivity contribution in [2.75, 3.05) is 19.8 Å². The maximum absolute atomic E-state index is 14.8. The van der Waals surface area contributed by atoms with E-state index < -0.39 is 23.9 Å². The highest BCUT2D eigenvalue weighted by molar-refractivity contribution is 5.95. The van der Waals surface area contributed by atoms with Crippen molar-refractivity contribution in [2.24, 2.45) is 16.6 Å². The molecule has 4 rings (SSSR count). The summed E-state index contributed by atoms with van der Waals surface area (Å²) in [6.07, 6.45) is 2.11. The fraction of sp³-hybridized carbons (Fsp3) is 0.435. The third kappa shape index (κ3) is 4.62. The molecule has 1 fully saturated rings. The van der Waals surface area contributed by atoms with Gasteiger partial charge in [-0.3, -0.25) is 9.79 Å². The van der Waals surface area contributed by atoms with Gasteiger partial charge in [0.15, 0.2) is 11.3 Å². The second-order valence-corrected chi connectivity index (χ2v) is 8.40. The zero-order chi connectivity index (χ0) is 22.9. The molecule has 1 atom stereocenters. The summed E-state index contributed by atoms with van der Waals surface area (Å²) >= 11 is 0. The number of hydrogen-bond acceptors (Lipinski definition) is 6. The highest BCUT2D eigenvalue weighted by Crippen LogP contribution is 2.43. The molecule has 2 N–H and O–H groups in total. The Hall–Kier alpha value is -2.94. The molecule has 2 aliphatic rings. The molecular weight excluding hydrogens is 423 g/mol. The smallest absolute Gasteiger partial charge is 0.299 e. The molecule has 0 bridgehead atoms. The van der Waals surface area contributed by atoms with Gasteiger partial charge in [-0.25, -0.2) is 18.2 Å². The number of carbonyl (C=O) groups excluding carboxylic acids is 1. The predicted molar refractivity (Wildman–Crippen MR) is 112 cm³/mol. The quantitative estimate of drug-likeness (QED) is 0.655. The molecule has 6 nitrogen and oxygen atoms in total. The summed E-state index contributed by atoms with van der Waals surface area (Å²) in [7, 11) is 0. The first-order valence-electron chi connectivity index (χ1n) is 10.4. The van der Waals surface area contributed by atoms with Crippen LogP contribution in [0.25, 0.3) is 0 Å². The van der Waals surface area contributed by atoms with Crippen LogP contribution in [-0.4, -0.2) is 42.3 Å². The number of amidine groups is 1. The van der Waals surface area contributed by atoms with E-state index in [0.717, 1.165) is 25.8 Å². The van der Waals surface area contributed by atoms with Gasteiger partial charge in [0.1, 0.15) is 30.6 Å². The molecule has 0 unspecified atom stereocenters. The van der Waals surface area contributed by atoms with E-state index >= 15 is 0 Å². The SMILES string of the molecule is C[C@]1(c2cc(CC(=O)c3cccc(OCC4CC4)n3)ccc2F)N=C(N)COCC1(F)F. The van der Waals surface area contributed by atoms with Crippen LogP contribution < -0.4 is 10.5 Å². The Kier molecular flexibility index (Phi) is 5.94. The van der Waals surface area contributed by atoms with Crippen LogP contribution in [0.4, 0.5) is 13.2 Å². The number of ether oxygens (including phenoxy) is 2. The van der Waals surface area contributed by atoms with Crippen LogP contribution >= 0.6 is 0 Å². The average molecular weight is 447 g/mol. The Balaban J connectivity index is 1.58. The van der Waals surface area contributed by atoms with Crippen LogP contribution in [0, 0.1) is 11.7 Å². The second kappa shape index (κ2) is 8.54. The number of aromatic nitrogens is 1. The summed E-state index contributed by atoms with van der Waals surface area (Å²) in [6, 6.07) is 8.57. The monoisotopic (exact) mass is 447 g/mol. The van der Waals surface area contributed by atoms with Gasteiger partial charge in [0, 0.05) is 18.1 Å². The van der Waals surface area contributed by atoms with E-state index in [4.69, 9.17) is 15.2 Å². The lowest BCUT2D eigenvalue weighted by Crippen LogP contribution is -2.45. The van der Waals surface area contributed by atoms with E-state index in [2.05, 4.69) is 9.98 Å². The highest BCUT2D eigenvalue weighted by Gasteiger charge is 2.54. The summed E-state index contributed by atoms with van der Waals surface area (Å²) in [6.45, 7) is 0.455. The fourth-order valence-electron chi connectivity index (χ4n) is 3.55. The van der Waals surface area contributed by atoms with Gasteiger partial charge in [0.2, 0.25) is 5.88 Å². The molecule has 0 amide bonds. The van der Waals surface area contributed by atoms with E-state index in [1.165, 1.54) is 12.1 Å². The van der Waals surface area contributed by atoms with Gasteiger partial charge >= 0.3 is 0 Å². The van der Waals surface area contributed by atoms with E-state index in [-0.39, 0.29) is 35.9 Å². The van der Waals surface area contributed by atoms with E-state index in [1.807, 2.05) is 0 Å². The Morgan fingerprint density at radius 1 is 1.28 bits per heavy atom. The summed E-state index contributed by atoms with van der Waals surface area (Å²) in [5.41, 5.74) is 3.59. The van der Waals surface area contributed by atoms with Crippen LogP contribution in [0.2, 0.25) is 0 Å². The minimum absolute atomic E-state index is 0.149. The summed E-state index contributed by atoms with van der Waals surface area (Å²) < 4.78 is 54.8. The Labute approximate surface area is 183 Å². The predicted octanol–water partition coefficient (Wildman–Crippen LogP) is 3.67. The van der Waals surface area contributed by atoms with Crippen molar-refractivity contribution in [2.45, 2.75) is 37.6 Å². The number of rotatable bonds is 7. The molecule has 0 spiro atoms. The van der Waals surface area contributed by atoms with Crippen molar-refractivity contribution in [3.05, 3.63) is 59.0 Å². The summed E-state index contributed by atoms with van der Waals surface area (Å²) in [5.74, 6) is -3.97. The van der Waals surface area contributed by atoms with Crippen molar-refractivity contribution in [3.8, 4) is 5.88 Å². The standard InChI is InChI=1S/C23H24F3N3O3/c1-22(23(25,26)13-31-12-20(27)29-22)16-9-15(7-8-17(16)24)10-19(30)18-3-2-4-21(28-18)32-11-14-5-6-14/h2-4,7-9,14H,5-6,10-13H2,1H3,(H2,27,29)/t22-/m1/s1. The van der Waals surface area contributed by atoms with E-state index in [1.54, 1.807) is 18.2 Å². The summed E-state index contributed by atoms with van der Waals surface area (Å²) in [4.78, 5) is 20.9. The largest absolute Gasteiger partial charge is 0.477 e. The molecule has 1 aromatic heterocycles. The van der Waals surface area contributed by atoms with Crippen molar-refractivity contribution < 1.29 is 27.4 Å². The lowest BCUT2D eigenvalue weighted by molar-refractivity contribution is -0.116. The number of halogens is 3. The number of nitrogens with two attached hydrogens (primary N) is 1. The molecular formula is C23H24F3N3O3. The van der Waals surface area contributed by atoms with Crippen molar-refractivity contribution in [1.82, 2.24) is 4.98 Å². The molecule has 2 aromatic rings. The molecule has 1 aliphatic heterocycles. The van der Waals surface area contributed by atoms with E-state index in [0.29, 0.717) is 24.0 Å². The Bertz CT molecular complexity index is 1060. The maximum atomic E-state index is 14.8. The van der Waals surface area contributed by atoms with Gasteiger partial charge in [0.05, 0.1) is 6.61 Å². The first-order chi connectivity index (χ1) is 15.2. The van der Waals surface area contributed by atoms with Gasteiger partial charge in [0.25, 0.3) is 5.92 Å². The number of aliphatic imine (C=N–C) groups is 1. The number of pyridine rings is 1. The number of Topliss-reactive ketones (excluding diaryl/α,β-unsaturated/α-hetero) is 1. The third-order valence-corrected chi connectivity index (χ3v) is 5.71. The molecule has 1 aromatic carbocycles. The number of ketones is 1. The molecule has 32 heavy (non-hydrogen) atoms. The second-order valence-electron chi connectivity index (χ2n) is 8.40.